The number of hydrogen-bond acceptors (Lipinski definition) is 3. The number of likely N-dealkylation sites (tertiary alicyclic amines) is 1. The van der Waals surface area contributed by atoms with Crippen LogP contribution in [0.5, 0.6) is 0 Å². The Balaban J connectivity index is 1.54. The largest absolute Gasteiger partial charge is 0.381 e. The van der Waals surface area contributed by atoms with Crippen molar-refractivity contribution in [2.24, 2.45) is 5.41 Å². The molecule has 0 N–H and O–H groups in total. The zero-order valence-electron chi connectivity index (χ0n) is 17.5. The SMILES string of the molecule is CCOCC1(CCc2ccccc2)CCN(Cc2ccc(COC)cc2)CC1. The van der Waals surface area contributed by atoms with E-state index in [9.17, 15) is 0 Å². The average Bonchev–Trinajstić information content (AvgIpc) is 2.75. The summed E-state index contributed by atoms with van der Waals surface area (Å²) >= 11 is 0. The second-order valence-corrected chi connectivity index (χ2v) is 8.15. The highest BCUT2D eigenvalue weighted by Crippen LogP contribution is 2.37. The van der Waals surface area contributed by atoms with Gasteiger partial charge in [0.2, 0.25) is 0 Å². The predicted molar refractivity (Wildman–Crippen MR) is 115 cm³/mol. The molecule has 0 aliphatic carbocycles. The van der Waals surface area contributed by atoms with Crippen LogP contribution < -0.4 is 0 Å². The summed E-state index contributed by atoms with van der Waals surface area (Å²) in [5.74, 6) is 0. The molecule has 1 saturated heterocycles. The van der Waals surface area contributed by atoms with Crippen molar-refractivity contribution < 1.29 is 9.47 Å². The lowest BCUT2D eigenvalue weighted by Crippen LogP contribution is -2.42. The fourth-order valence-corrected chi connectivity index (χ4v) is 4.19. The van der Waals surface area contributed by atoms with Gasteiger partial charge in [-0.15, -0.1) is 0 Å². The summed E-state index contributed by atoms with van der Waals surface area (Å²) in [5, 5.41) is 0. The topological polar surface area (TPSA) is 21.7 Å². The van der Waals surface area contributed by atoms with Crippen LogP contribution in [0.1, 0.15) is 42.9 Å². The van der Waals surface area contributed by atoms with Crippen molar-refractivity contribution in [3.8, 4) is 0 Å². The van der Waals surface area contributed by atoms with E-state index in [4.69, 9.17) is 9.47 Å². The van der Waals surface area contributed by atoms with Gasteiger partial charge in [0, 0.05) is 20.3 Å². The number of hydrogen-bond donors (Lipinski definition) is 0. The molecule has 0 atom stereocenters. The summed E-state index contributed by atoms with van der Waals surface area (Å²) in [6, 6.07) is 19.7. The van der Waals surface area contributed by atoms with Gasteiger partial charge in [0.05, 0.1) is 13.2 Å². The van der Waals surface area contributed by atoms with Crippen LogP contribution in [0.25, 0.3) is 0 Å². The first-order chi connectivity index (χ1) is 13.7. The zero-order chi connectivity index (χ0) is 19.7. The Morgan fingerprint density at radius 1 is 0.893 bits per heavy atom. The molecular weight excluding hydrogens is 346 g/mol. The predicted octanol–water partition coefficient (Wildman–Crippen LogP) is 5.08. The first kappa shape index (κ1) is 21.0. The van der Waals surface area contributed by atoms with Gasteiger partial charge in [-0.2, -0.15) is 0 Å². The van der Waals surface area contributed by atoms with Crippen molar-refractivity contribution >= 4 is 0 Å². The zero-order valence-corrected chi connectivity index (χ0v) is 17.5. The van der Waals surface area contributed by atoms with Gasteiger partial charge in [0.1, 0.15) is 0 Å². The van der Waals surface area contributed by atoms with E-state index >= 15 is 0 Å². The third-order valence-corrected chi connectivity index (χ3v) is 6.06. The molecule has 3 nitrogen and oxygen atoms in total. The van der Waals surface area contributed by atoms with Gasteiger partial charge in [-0.3, -0.25) is 4.90 Å². The quantitative estimate of drug-likeness (QED) is 0.572. The minimum atomic E-state index is 0.324. The van der Waals surface area contributed by atoms with Crippen LogP contribution in [0.4, 0.5) is 0 Å². The van der Waals surface area contributed by atoms with Gasteiger partial charge >= 0.3 is 0 Å². The molecule has 1 heterocycles. The lowest BCUT2D eigenvalue weighted by Gasteiger charge is -2.42. The molecule has 1 aliphatic rings. The Hall–Kier alpha value is -1.68. The van der Waals surface area contributed by atoms with Crippen LogP contribution in [0.2, 0.25) is 0 Å². The smallest absolute Gasteiger partial charge is 0.0713 e. The van der Waals surface area contributed by atoms with Gasteiger partial charge in [-0.05, 0) is 67.8 Å². The Kier molecular flexibility index (Phi) is 8.08. The number of rotatable bonds is 10. The normalized spacial score (nSPS) is 16.9. The minimum Gasteiger partial charge on any atom is -0.381 e. The van der Waals surface area contributed by atoms with Crippen LogP contribution in [-0.2, 0) is 29.0 Å². The summed E-state index contributed by atoms with van der Waals surface area (Å²) in [6.07, 6.45) is 4.81. The second-order valence-electron chi connectivity index (χ2n) is 8.15. The highest BCUT2D eigenvalue weighted by atomic mass is 16.5. The molecule has 0 radical (unpaired) electrons. The fraction of sp³-hybridized carbons (Fsp3) is 0.520. The molecule has 0 bridgehead atoms. The lowest BCUT2D eigenvalue weighted by atomic mass is 9.74. The standard InChI is InChI=1S/C25H35NO2/c1-3-28-21-25(14-13-22-7-5-4-6-8-22)15-17-26(18-16-25)19-23-9-11-24(12-10-23)20-27-2/h4-12H,3,13-21H2,1-2H3. The molecule has 0 amide bonds. The highest BCUT2D eigenvalue weighted by Gasteiger charge is 2.34. The summed E-state index contributed by atoms with van der Waals surface area (Å²) < 4.78 is 11.1. The molecule has 0 spiro atoms. The number of piperidine rings is 1. The van der Waals surface area contributed by atoms with Crippen LogP contribution in [-0.4, -0.2) is 38.3 Å². The van der Waals surface area contributed by atoms with E-state index in [1.807, 2.05) is 0 Å². The van der Waals surface area contributed by atoms with Crippen molar-refractivity contribution in [1.29, 1.82) is 0 Å². The van der Waals surface area contributed by atoms with E-state index in [-0.39, 0.29) is 0 Å². The lowest BCUT2D eigenvalue weighted by molar-refractivity contribution is -0.00232. The van der Waals surface area contributed by atoms with E-state index in [1.165, 1.54) is 36.0 Å². The molecular formula is C25H35NO2. The van der Waals surface area contributed by atoms with Gasteiger partial charge in [-0.25, -0.2) is 0 Å². The number of ether oxygens (including phenoxy) is 2. The van der Waals surface area contributed by atoms with Gasteiger partial charge in [0.15, 0.2) is 0 Å². The average molecular weight is 382 g/mol. The molecule has 0 unspecified atom stereocenters. The molecule has 28 heavy (non-hydrogen) atoms. The molecule has 3 rings (SSSR count). The van der Waals surface area contributed by atoms with Crippen molar-refractivity contribution in [2.45, 2.75) is 45.8 Å². The third kappa shape index (κ3) is 6.16. The number of benzene rings is 2. The van der Waals surface area contributed by atoms with Crippen molar-refractivity contribution in [1.82, 2.24) is 4.90 Å². The maximum absolute atomic E-state index is 5.92. The first-order valence-electron chi connectivity index (χ1n) is 10.6. The summed E-state index contributed by atoms with van der Waals surface area (Å²) in [5.41, 5.74) is 4.39. The number of methoxy groups -OCH3 is 1. The van der Waals surface area contributed by atoms with Crippen LogP contribution in [0.15, 0.2) is 54.6 Å². The van der Waals surface area contributed by atoms with Gasteiger partial charge in [0.25, 0.3) is 0 Å². The summed E-state index contributed by atoms with van der Waals surface area (Å²) in [7, 11) is 1.74. The van der Waals surface area contributed by atoms with Gasteiger partial charge in [-0.1, -0.05) is 54.6 Å². The molecule has 1 fully saturated rings. The van der Waals surface area contributed by atoms with E-state index in [2.05, 4.69) is 66.4 Å². The maximum atomic E-state index is 5.92. The molecule has 2 aromatic rings. The monoisotopic (exact) mass is 381 g/mol. The Morgan fingerprint density at radius 3 is 2.21 bits per heavy atom. The van der Waals surface area contributed by atoms with Crippen LogP contribution in [0.3, 0.4) is 0 Å². The van der Waals surface area contributed by atoms with Gasteiger partial charge < -0.3 is 9.47 Å². The van der Waals surface area contributed by atoms with E-state index in [0.717, 1.165) is 39.3 Å². The molecule has 1 aliphatic heterocycles. The number of nitrogens with zero attached hydrogens (tertiary/aromatic N) is 1. The molecule has 2 aromatic carbocycles. The van der Waals surface area contributed by atoms with Crippen LogP contribution in [0, 0.1) is 5.41 Å². The second kappa shape index (κ2) is 10.8. The highest BCUT2D eigenvalue weighted by molar-refractivity contribution is 5.22. The molecule has 152 valence electrons. The Labute approximate surface area is 170 Å². The molecule has 3 heteroatoms. The maximum Gasteiger partial charge on any atom is 0.0713 e. The molecule has 0 saturated carbocycles. The summed E-state index contributed by atoms with van der Waals surface area (Å²) in [6.45, 7) is 7.85. The van der Waals surface area contributed by atoms with Crippen molar-refractivity contribution in [2.75, 3.05) is 33.4 Å². The summed E-state index contributed by atoms with van der Waals surface area (Å²) in [4.78, 5) is 2.60. The van der Waals surface area contributed by atoms with E-state index < -0.39 is 0 Å². The third-order valence-electron chi connectivity index (χ3n) is 6.06. The minimum absolute atomic E-state index is 0.324. The Bertz CT molecular complexity index is 675. The van der Waals surface area contributed by atoms with E-state index in [0.29, 0.717) is 12.0 Å². The Morgan fingerprint density at radius 2 is 1.57 bits per heavy atom. The molecule has 0 aromatic heterocycles. The van der Waals surface area contributed by atoms with Crippen LogP contribution >= 0.6 is 0 Å². The first-order valence-corrected chi connectivity index (χ1v) is 10.6. The van der Waals surface area contributed by atoms with E-state index in [1.54, 1.807) is 7.11 Å². The van der Waals surface area contributed by atoms with Crippen molar-refractivity contribution in [3.05, 3.63) is 71.3 Å². The number of aryl methyl sites for hydroxylation is 1. The van der Waals surface area contributed by atoms with Crippen molar-refractivity contribution in [3.63, 3.8) is 0 Å². The fourth-order valence-electron chi connectivity index (χ4n) is 4.19.